The molecule has 3 nitrogen and oxygen atoms in total. The lowest BCUT2D eigenvalue weighted by molar-refractivity contribution is 0.469. The lowest BCUT2D eigenvalue weighted by Crippen LogP contribution is -2.10. The van der Waals surface area contributed by atoms with E-state index in [1.165, 1.54) is 0 Å². The molecule has 1 atom stereocenters. The van der Waals surface area contributed by atoms with Crippen LogP contribution in [0, 0.1) is 0 Å². The molecular formula is C2H8NO2P. The van der Waals surface area contributed by atoms with E-state index in [0.29, 0.717) is 0 Å². The molecule has 0 saturated heterocycles. The van der Waals surface area contributed by atoms with Crippen LogP contribution in [0.5, 0.6) is 0 Å². The Balaban J connectivity index is 2.99. The highest BCUT2D eigenvalue weighted by Gasteiger charge is 2.01. The molecule has 0 spiro atoms. The third-order valence-corrected chi connectivity index (χ3v) is 1.09. The van der Waals surface area contributed by atoms with Gasteiger partial charge in [0, 0.05) is 0 Å². The highest BCUT2D eigenvalue weighted by atomic mass is 31.2. The van der Waals surface area contributed by atoms with E-state index >= 15 is 0 Å². The van der Waals surface area contributed by atoms with Gasteiger partial charge < -0.3 is 15.5 Å². The van der Waals surface area contributed by atoms with Crippen molar-refractivity contribution in [1.82, 2.24) is 0 Å². The molecule has 0 aliphatic carbocycles. The predicted octanol–water partition coefficient (Wildman–Crippen LogP) is -0.412. The number of rotatable bonds is 1. The first kappa shape index (κ1) is 6.31. The fourth-order valence-electron chi connectivity index (χ4n) is 0. The van der Waals surface area contributed by atoms with E-state index < -0.39 is 14.2 Å². The van der Waals surface area contributed by atoms with Crippen molar-refractivity contribution in [3.8, 4) is 0 Å². The highest BCUT2D eigenvalue weighted by Crippen LogP contribution is 2.25. The van der Waals surface area contributed by atoms with Crippen LogP contribution in [0.15, 0.2) is 0 Å². The second-order valence-corrected chi connectivity index (χ2v) is 2.52. The summed E-state index contributed by atoms with van der Waals surface area (Å²) in [5, 5.41) is 0. The summed E-state index contributed by atoms with van der Waals surface area (Å²) in [4.78, 5) is 16.2. The molecule has 0 fully saturated rings. The minimum atomic E-state index is -1.88. The molecule has 0 aromatic carbocycles. The lowest BCUT2D eigenvalue weighted by Gasteiger charge is -2.02. The molecule has 0 amide bonds. The maximum atomic E-state index is 8.12. The summed E-state index contributed by atoms with van der Waals surface area (Å²) in [6.07, 6.45) is 0. The third-order valence-electron chi connectivity index (χ3n) is 0.364. The zero-order chi connectivity index (χ0) is 5.15. The SMILES string of the molecule is C[C@@H](N)P(O)O. The maximum absolute atomic E-state index is 8.12. The van der Waals surface area contributed by atoms with Crippen LogP contribution < -0.4 is 5.73 Å². The van der Waals surface area contributed by atoms with E-state index in [9.17, 15) is 0 Å². The normalized spacial score (nSPS) is 15.5. The van der Waals surface area contributed by atoms with Crippen LogP contribution in [0.4, 0.5) is 0 Å². The Kier molecular flexibility index (Phi) is 2.61. The molecule has 4 N–H and O–H groups in total. The van der Waals surface area contributed by atoms with Crippen molar-refractivity contribution < 1.29 is 9.79 Å². The van der Waals surface area contributed by atoms with Gasteiger partial charge in [0.05, 0.1) is 5.78 Å². The minimum Gasteiger partial charge on any atom is -0.349 e. The van der Waals surface area contributed by atoms with E-state index in [0.717, 1.165) is 0 Å². The van der Waals surface area contributed by atoms with Gasteiger partial charge in [-0.15, -0.1) is 0 Å². The van der Waals surface area contributed by atoms with Crippen LogP contribution >= 0.6 is 8.38 Å². The van der Waals surface area contributed by atoms with Crippen LogP contribution in [-0.2, 0) is 0 Å². The van der Waals surface area contributed by atoms with Crippen molar-refractivity contribution in [2.45, 2.75) is 12.7 Å². The molecule has 0 heterocycles. The van der Waals surface area contributed by atoms with Gasteiger partial charge in [-0.2, -0.15) is 0 Å². The Hall–Kier alpha value is 0.310. The van der Waals surface area contributed by atoms with Crippen LogP contribution in [-0.4, -0.2) is 15.6 Å². The first-order chi connectivity index (χ1) is 2.64. The van der Waals surface area contributed by atoms with Crippen LogP contribution in [0.25, 0.3) is 0 Å². The molecule has 6 heavy (non-hydrogen) atoms. The summed E-state index contributed by atoms with van der Waals surface area (Å²) in [5.41, 5.74) is 4.96. The second-order valence-electron chi connectivity index (χ2n) is 1.06. The van der Waals surface area contributed by atoms with Gasteiger partial charge in [0.1, 0.15) is 0 Å². The Morgan fingerprint density at radius 1 is 1.67 bits per heavy atom. The first-order valence-corrected chi connectivity index (χ1v) is 2.89. The second kappa shape index (κ2) is 2.48. The smallest absolute Gasteiger partial charge is 0.182 e. The van der Waals surface area contributed by atoms with Crippen molar-refractivity contribution in [3.05, 3.63) is 0 Å². The first-order valence-electron chi connectivity index (χ1n) is 1.57. The molecular weight excluding hydrogens is 101 g/mol. The fourth-order valence-corrected chi connectivity index (χ4v) is 0. The van der Waals surface area contributed by atoms with Crippen molar-refractivity contribution in [2.24, 2.45) is 5.73 Å². The number of hydrogen-bond acceptors (Lipinski definition) is 3. The van der Waals surface area contributed by atoms with Crippen LogP contribution in [0.2, 0.25) is 0 Å². The Morgan fingerprint density at radius 3 is 1.83 bits per heavy atom. The summed E-state index contributed by atoms with van der Waals surface area (Å²) >= 11 is 0. The van der Waals surface area contributed by atoms with Crippen molar-refractivity contribution >= 4 is 8.38 Å². The molecule has 0 aliphatic rings. The van der Waals surface area contributed by atoms with Gasteiger partial charge in [0.25, 0.3) is 0 Å². The van der Waals surface area contributed by atoms with Crippen LogP contribution in [0.3, 0.4) is 0 Å². The Bertz CT molecular complexity index is 32.5. The van der Waals surface area contributed by atoms with Gasteiger partial charge in [-0.1, -0.05) is 0 Å². The summed E-state index contributed by atoms with van der Waals surface area (Å²) in [6, 6.07) is 0. The van der Waals surface area contributed by atoms with Gasteiger partial charge in [-0.25, -0.2) is 0 Å². The highest BCUT2D eigenvalue weighted by molar-refractivity contribution is 7.45. The summed E-state index contributed by atoms with van der Waals surface area (Å²) in [7, 11) is -1.88. The molecule has 0 bridgehead atoms. The molecule has 0 saturated carbocycles. The van der Waals surface area contributed by atoms with E-state index in [1.54, 1.807) is 6.92 Å². The van der Waals surface area contributed by atoms with E-state index in [-0.39, 0.29) is 0 Å². The Morgan fingerprint density at radius 2 is 1.83 bits per heavy atom. The summed E-state index contributed by atoms with van der Waals surface area (Å²) in [6.45, 7) is 1.55. The molecule has 0 rings (SSSR count). The zero-order valence-corrected chi connectivity index (χ0v) is 4.39. The zero-order valence-electron chi connectivity index (χ0n) is 3.50. The van der Waals surface area contributed by atoms with Crippen molar-refractivity contribution in [2.75, 3.05) is 0 Å². The quantitative estimate of drug-likeness (QED) is 0.401. The van der Waals surface area contributed by atoms with Crippen LogP contribution in [0.1, 0.15) is 6.92 Å². The number of nitrogens with two attached hydrogens (primary N) is 1. The van der Waals surface area contributed by atoms with Crippen molar-refractivity contribution in [1.29, 1.82) is 0 Å². The minimum absolute atomic E-state index is 0.472. The molecule has 38 valence electrons. The molecule has 0 aromatic rings. The molecule has 0 aliphatic heterocycles. The summed E-state index contributed by atoms with van der Waals surface area (Å²) in [5.74, 6) is -0.472. The van der Waals surface area contributed by atoms with Gasteiger partial charge >= 0.3 is 0 Å². The van der Waals surface area contributed by atoms with Gasteiger partial charge in [-0.05, 0) is 6.92 Å². The van der Waals surface area contributed by atoms with Crippen molar-refractivity contribution in [3.63, 3.8) is 0 Å². The molecule has 0 aromatic heterocycles. The van der Waals surface area contributed by atoms with E-state index in [1.807, 2.05) is 0 Å². The summed E-state index contributed by atoms with van der Waals surface area (Å²) < 4.78 is 0. The maximum Gasteiger partial charge on any atom is 0.182 e. The Labute approximate surface area is 37.7 Å². The fraction of sp³-hybridized carbons (Fsp3) is 1.00. The van der Waals surface area contributed by atoms with Gasteiger partial charge in [0.15, 0.2) is 8.38 Å². The van der Waals surface area contributed by atoms with Gasteiger partial charge in [-0.3, -0.25) is 0 Å². The number of hydrogen-bond donors (Lipinski definition) is 3. The average molecular weight is 109 g/mol. The largest absolute Gasteiger partial charge is 0.349 e. The monoisotopic (exact) mass is 109 g/mol. The molecule has 0 unspecified atom stereocenters. The lowest BCUT2D eigenvalue weighted by atomic mass is 10.8. The third kappa shape index (κ3) is 2.54. The van der Waals surface area contributed by atoms with E-state index in [2.05, 4.69) is 0 Å². The standard InChI is InChI=1S/C2H8NO2P/c1-2(3)6(4)5/h2,4-5H,3H2,1H3/t2-/m0/s1. The van der Waals surface area contributed by atoms with E-state index in [4.69, 9.17) is 15.5 Å². The molecule has 4 heteroatoms. The van der Waals surface area contributed by atoms with Gasteiger partial charge in [0.2, 0.25) is 0 Å². The topological polar surface area (TPSA) is 66.5 Å². The average Bonchev–Trinajstić information content (AvgIpc) is 1.36. The molecule has 0 radical (unpaired) electrons. The predicted molar refractivity (Wildman–Crippen MR) is 25.0 cm³/mol.